The van der Waals surface area contributed by atoms with Crippen LogP contribution in [0.4, 0.5) is 5.82 Å². The monoisotopic (exact) mass is 282 g/mol. The molecule has 16 heavy (non-hydrogen) atoms. The van der Waals surface area contributed by atoms with Gasteiger partial charge in [-0.1, -0.05) is 19.8 Å². The molecule has 1 N–H and O–H groups in total. The van der Waals surface area contributed by atoms with Crippen molar-refractivity contribution in [3.63, 3.8) is 0 Å². The Bertz CT molecular complexity index is 365. The van der Waals surface area contributed by atoms with Gasteiger partial charge in [-0.2, -0.15) is 0 Å². The minimum absolute atomic E-state index is 0.814. The van der Waals surface area contributed by atoms with Crippen LogP contribution in [0.1, 0.15) is 31.7 Å². The molecule has 1 aliphatic rings. The molecule has 1 aromatic heterocycles. The van der Waals surface area contributed by atoms with E-state index in [1.807, 2.05) is 12.3 Å². The summed E-state index contributed by atoms with van der Waals surface area (Å²) >= 11 is 3.58. The van der Waals surface area contributed by atoms with Crippen LogP contribution in [0.3, 0.4) is 0 Å². The smallest absolute Gasteiger partial charge is 0.140 e. The second-order valence-corrected chi connectivity index (χ2v) is 5.63. The minimum Gasteiger partial charge on any atom is -0.369 e. The van der Waals surface area contributed by atoms with Gasteiger partial charge in [0.1, 0.15) is 5.82 Å². The van der Waals surface area contributed by atoms with Crippen LogP contribution in [0, 0.1) is 18.8 Å². The number of hydrogen-bond donors (Lipinski definition) is 1. The Morgan fingerprint density at radius 2 is 2.31 bits per heavy atom. The SMILES string of the molecule is Cc1ccnc(NCC2CCCC2C)c1Br. The molecule has 0 radical (unpaired) electrons. The number of hydrogen-bond acceptors (Lipinski definition) is 2. The molecule has 88 valence electrons. The zero-order chi connectivity index (χ0) is 11.5. The quantitative estimate of drug-likeness (QED) is 0.907. The predicted molar refractivity (Wildman–Crippen MR) is 71.7 cm³/mol. The molecule has 1 saturated carbocycles. The molecule has 1 aliphatic carbocycles. The molecule has 2 nitrogen and oxygen atoms in total. The maximum atomic E-state index is 4.37. The van der Waals surface area contributed by atoms with Gasteiger partial charge >= 0.3 is 0 Å². The summed E-state index contributed by atoms with van der Waals surface area (Å²) < 4.78 is 1.10. The lowest BCUT2D eigenvalue weighted by Gasteiger charge is -2.17. The molecule has 0 amide bonds. The number of aromatic nitrogens is 1. The molecule has 1 fully saturated rings. The summed E-state index contributed by atoms with van der Waals surface area (Å²) in [6.07, 6.45) is 5.99. The summed E-state index contributed by atoms with van der Waals surface area (Å²) in [6.45, 7) is 5.50. The predicted octanol–water partition coefficient (Wildman–Crippen LogP) is 4.00. The molecular weight excluding hydrogens is 264 g/mol. The molecule has 0 saturated heterocycles. The first kappa shape index (κ1) is 11.9. The first-order valence-corrected chi connectivity index (χ1v) is 6.82. The zero-order valence-corrected chi connectivity index (χ0v) is 11.5. The summed E-state index contributed by atoms with van der Waals surface area (Å²) in [5.74, 6) is 2.66. The van der Waals surface area contributed by atoms with Gasteiger partial charge in [-0.25, -0.2) is 4.98 Å². The van der Waals surface area contributed by atoms with E-state index in [1.54, 1.807) is 0 Å². The van der Waals surface area contributed by atoms with E-state index in [4.69, 9.17) is 0 Å². The highest BCUT2D eigenvalue weighted by Crippen LogP contribution is 2.32. The van der Waals surface area contributed by atoms with Crippen molar-refractivity contribution in [1.82, 2.24) is 4.98 Å². The molecule has 2 unspecified atom stereocenters. The average molecular weight is 283 g/mol. The largest absolute Gasteiger partial charge is 0.369 e. The minimum atomic E-state index is 0.814. The van der Waals surface area contributed by atoms with Crippen molar-refractivity contribution in [2.75, 3.05) is 11.9 Å². The van der Waals surface area contributed by atoms with Gasteiger partial charge in [-0.15, -0.1) is 0 Å². The lowest BCUT2D eigenvalue weighted by Crippen LogP contribution is -2.17. The molecule has 2 rings (SSSR count). The van der Waals surface area contributed by atoms with Gasteiger partial charge in [0.25, 0.3) is 0 Å². The molecular formula is C13H19BrN2. The van der Waals surface area contributed by atoms with Crippen LogP contribution in [0.2, 0.25) is 0 Å². The van der Waals surface area contributed by atoms with Crippen LogP contribution < -0.4 is 5.32 Å². The third-order valence-electron chi connectivity index (χ3n) is 3.65. The van der Waals surface area contributed by atoms with Crippen molar-refractivity contribution in [2.24, 2.45) is 11.8 Å². The lowest BCUT2D eigenvalue weighted by molar-refractivity contribution is 0.439. The normalized spacial score (nSPS) is 24.7. The van der Waals surface area contributed by atoms with Crippen molar-refractivity contribution in [3.05, 3.63) is 22.3 Å². The van der Waals surface area contributed by atoms with E-state index in [1.165, 1.54) is 24.8 Å². The Labute approximate surface area is 106 Å². The summed E-state index contributed by atoms with van der Waals surface area (Å²) in [4.78, 5) is 4.37. The van der Waals surface area contributed by atoms with Crippen molar-refractivity contribution < 1.29 is 0 Å². The van der Waals surface area contributed by atoms with Gasteiger partial charge in [0.05, 0.1) is 4.47 Å². The summed E-state index contributed by atoms with van der Waals surface area (Å²) in [6, 6.07) is 2.02. The fourth-order valence-electron chi connectivity index (χ4n) is 2.42. The van der Waals surface area contributed by atoms with Gasteiger partial charge in [0.15, 0.2) is 0 Å². The molecule has 1 heterocycles. The number of pyridine rings is 1. The van der Waals surface area contributed by atoms with Crippen LogP contribution in [0.15, 0.2) is 16.7 Å². The number of halogens is 1. The first-order valence-electron chi connectivity index (χ1n) is 6.03. The fraction of sp³-hybridized carbons (Fsp3) is 0.615. The van der Waals surface area contributed by atoms with Crippen LogP contribution in [0.5, 0.6) is 0 Å². The van der Waals surface area contributed by atoms with Crippen LogP contribution in [0.25, 0.3) is 0 Å². The van der Waals surface area contributed by atoms with E-state index in [-0.39, 0.29) is 0 Å². The Hall–Kier alpha value is -0.570. The zero-order valence-electron chi connectivity index (χ0n) is 9.96. The molecule has 0 bridgehead atoms. The molecule has 3 heteroatoms. The maximum Gasteiger partial charge on any atom is 0.140 e. The lowest BCUT2D eigenvalue weighted by atomic mass is 9.98. The number of nitrogens with zero attached hydrogens (tertiary/aromatic N) is 1. The standard InChI is InChI=1S/C13H19BrN2/c1-9-4-3-5-11(9)8-16-13-12(14)10(2)6-7-15-13/h6-7,9,11H,3-5,8H2,1-2H3,(H,15,16). The van der Waals surface area contributed by atoms with Crippen molar-refractivity contribution >= 4 is 21.7 Å². The van der Waals surface area contributed by atoms with Crippen LogP contribution in [-0.4, -0.2) is 11.5 Å². The van der Waals surface area contributed by atoms with E-state index in [0.717, 1.165) is 28.7 Å². The van der Waals surface area contributed by atoms with Crippen molar-refractivity contribution in [2.45, 2.75) is 33.1 Å². The molecule has 0 spiro atoms. The number of aryl methyl sites for hydroxylation is 1. The molecule has 2 atom stereocenters. The van der Waals surface area contributed by atoms with Crippen molar-refractivity contribution in [1.29, 1.82) is 0 Å². The topological polar surface area (TPSA) is 24.9 Å². The van der Waals surface area contributed by atoms with Crippen LogP contribution >= 0.6 is 15.9 Å². The van der Waals surface area contributed by atoms with E-state index >= 15 is 0 Å². The van der Waals surface area contributed by atoms with Crippen molar-refractivity contribution in [3.8, 4) is 0 Å². The second kappa shape index (κ2) is 5.17. The fourth-order valence-corrected chi connectivity index (χ4v) is 2.79. The van der Waals surface area contributed by atoms with Gasteiger partial charge in [-0.05, 0) is 52.7 Å². The number of rotatable bonds is 3. The Morgan fingerprint density at radius 1 is 1.50 bits per heavy atom. The van der Waals surface area contributed by atoms with Gasteiger partial charge in [0.2, 0.25) is 0 Å². The highest BCUT2D eigenvalue weighted by Gasteiger charge is 2.23. The summed E-state index contributed by atoms with van der Waals surface area (Å²) in [7, 11) is 0. The maximum absolute atomic E-state index is 4.37. The Balaban J connectivity index is 1.96. The Kier molecular flexibility index (Phi) is 3.85. The second-order valence-electron chi connectivity index (χ2n) is 4.84. The number of anilines is 1. The van der Waals surface area contributed by atoms with E-state index < -0.39 is 0 Å². The van der Waals surface area contributed by atoms with Gasteiger partial charge in [0, 0.05) is 12.7 Å². The summed E-state index contributed by atoms with van der Waals surface area (Å²) in [5, 5.41) is 3.47. The molecule has 0 aliphatic heterocycles. The van der Waals surface area contributed by atoms with E-state index in [9.17, 15) is 0 Å². The number of nitrogens with one attached hydrogen (secondary N) is 1. The van der Waals surface area contributed by atoms with Gasteiger partial charge in [-0.3, -0.25) is 0 Å². The third-order valence-corrected chi connectivity index (χ3v) is 4.65. The Morgan fingerprint density at radius 3 is 3.00 bits per heavy atom. The molecule has 1 aromatic rings. The first-order chi connectivity index (χ1) is 7.68. The highest BCUT2D eigenvalue weighted by atomic mass is 79.9. The van der Waals surface area contributed by atoms with Gasteiger partial charge < -0.3 is 5.32 Å². The van der Waals surface area contributed by atoms with Crippen LogP contribution in [-0.2, 0) is 0 Å². The summed E-state index contributed by atoms with van der Waals surface area (Å²) in [5.41, 5.74) is 1.23. The molecule has 0 aromatic carbocycles. The third kappa shape index (κ3) is 2.57. The highest BCUT2D eigenvalue weighted by molar-refractivity contribution is 9.10. The average Bonchev–Trinajstić information content (AvgIpc) is 2.67. The van der Waals surface area contributed by atoms with E-state index in [2.05, 4.69) is 40.1 Å². The van der Waals surface area contributed by atoms with E-state index in [0.29, 0.717) is 0 Å².